The van der Waals surface area contributed by atoms with E-state index in [1.807, 2.05) is 11.5 Å². The molecule has 0 aliphatic carbocycles. The Balaban J connectivity index is 2.07. The van der Waals surface area contributed by atoms with Crippen molar-refractivity contribution in [2.45, 2.75) is 26.0 Å². The van der Waals surface area contributed by atoms with Gasteiger partial charge in [0.1, 0.15) is 11.8 Å². The van der Waals surface area contributed by atoms with Gasteiger partial charge in [0.2, 0.25) is 0 Å². The zero-order valence-corrected chi connectivity index (χ0v) is 9.31. The van der Waals surface area contributed by atoms with Gasteiger partial charge in [-0.05, 0) is 12.5 Å². The first-order valence-corrected chi connectivity index (χ1v) is 5.45. The summed E-state index contributed by atoms with van der Waals surface area (Å²) in [6.07, 6.45) is 2.61. The lowest BCUT2D eigenvalue weighted by Crippen LogP contribution is -2.38. The topological polar surface area (TPSA) is 66.5 Å². The molecule has 1 aromatic heterocycles. The number of nitrogens with zero attached hydrogens (tertiary/aromatic N) is 1. The standard InChI is InChI=1S/C11H16N2O3/c1-2-3-13-5-8(12)4-10(13)11(14)16-9-6-15-7-9/h4-5,9H,2-3,6-7,12H2,1H3. The lowest BCUT2D eigenvalue weighted by atomic mass is 10.3. The molecule has 0 unspecified atom stereocenters. The third-order valence-electron chi connectivity index (χ3n) is 2.47. The van der Waals surface area contributed by atoms with Crippen molar-refractivity contribution >= 4 is 11.7 Å². The minimum absolute atomic E-state index is 0.0984. The highest BCUT2D eigenvalue weighted by atomic mass is 16.6. The number of esters is 1. The molecule has 0 amide bonds. The zero-order chi connectivity index (χ0) is 11.5. The Morgan fingerprint density at radius 2 is 2.44 bits per heavy atom. The van der Waals surface area contributed by atoms with Gasteiger partial charge in [0, 0.05) is 12.7 Å². The predicted octanol–water partition coefficient (Wildman–Crippen LogP) is 1.04. The van der Waals surface area contributed by atoms with E-state index in [2.05, 4.69) is 0 Å². The lowest BCUT2D eigenvalue weighted by molar-refractivity contribution is -0.103. The van der Waals surface area contributed by atoms with E-state index in [4.69, 9.17) is 15.2 Å². The molecule has 5 nitrogen and oxygen atoms in total. The van der Waals surface area contributed by atoms with Crippen molar-refractivity contribution in [1.82, 2.24) is 4.57 Å². The maximum absolute atomic E-state index is 11.8. The molecular formula is C11H16N2O3. The lowest BCUT2D eigenvalue weighted by Gasteiger charge is -2.25. The van der Waals surface area contributed by atoms with Gasteiger partial charge in [-0.15, -0.1) is 0 Å². The Morgan fingerprint density at radius 1 is 1.69 bits per heavy atom. The Hall–Kier alpha value is -1.49. The number of rotatable bonds is 4. The summed E-state index contributed by atoms with van der Waals surface area (Å²) in [5, 5.41) is 0. The molecule has 2 rings (SSSR count). The summed E-state index contributed by atoms with van der Waals surface area (Å²) in [6.45, 7) is 3.80. The number of ether oxygens (including phenoxy) is 2. The van der Waals surface area contributed by atoms with Crippen LogP contribution in [-0.4, -0.2) is 29.9 Å². The number of hydrogen-bond donors (Lipinski definition) is 1. The van der Waals surface area contributed by atoms with Crippen LogP contribution < -0.4 is 5.73 Å². The molecule has 88 valence electrons. The van der Waals surface area contributed by atoms with E-state index in [0.717, 1.165) is 13.0 Å². The van der Waals surface area contributed by atoms with Gasteiger partial charge >= 0.3 is 5.97 Å². The van der Waals surface area contributed by atoms with Gasteiger partial charge in [-0.3, -0.25) is 0 Å². The van der Waals surface area contributed by atoms with E-state index in [-0.39, 0.29) is 12.1 Å². The summed E-state index contributed by atoms with van der Waals surface area (Å²) < 4.78 is 12.0. The Kier molecular flexibility index (Phi) is 3.14. The Morgan fingerprint density at radius 3 is 3.00 bits per heavy atom. The van der Waals surface area contributed by atoms with Crippen molar-refractivity contribution in [3.05, 3.63) is 18.0 Å². The number of aryl methyl sites for hydroxylation is 1. The second kappa shape index (κ2) is 4.57. The fourth-order valence-corrected chi connectivity index (χ4v) is 1.62. The van der Waals surface area contributed by atoms with Gasteiger partial charge in [-0.25, -0.2) is 4.79 Å². The first kappa shape index (κ1) is 11.0. The van der Waals surface area contributed by atoms with Gasteiger partial charge < -0.3 is 19.8 Å². The molecule has 1 aromatic rings. The highest BCUT2D eigenvalue weighted by Crippen LogP contribution is 2.15. The van der Waals surface area contributed by atoms with E-state index >= 15 is 0 Å². The van der Waals surface area contributed by atoms with Gasteiger partial charge in [-0.2, -0.15) is 0 Å². The summed E-state index contributed by atoms with van der Waals surface area (Å²) in [4.78, 5) is 11.8. The molecule has 2 N–H and O–H groups in total. The van der Waals surface area contributed by atoms with Crippen LogP contribution in [-0.2, 0) is 16.0 Å². The van der Waals surface area contributed by atoms with Gasteiger partial charge in [0.25, 0.3) is 0 Å². The fraction of sp³-hybridized carbons (Fsp3) is 0.545. The Bertz CT molecular complexity index is 383. The monoisotopic (exact) mass is 224 g/mol. The summed E-state index contributed by atoms with van der Waals surface area (Å²) >= 11 is 0. The van der Waals surface area contributed by atoms with Crippen molar-refractivity contribution in [3.8, 4) is 0 Å². The largest absolute Gasteiger partial charge is 0.453 e. The summed E-state index contributed by atoms with van der Waals surface area (Å²) in [7, 11) is 0. The van der Waals surface area contributed by atoms with Crippen LogP contribution in [0.4, 0.5) is 5.69 Å². The van der Waals surface area contributed by atoms with Crippen molar-refractivity contribution in [2.24, 2.45) is 0 Å². The van der Waals surface area contributed by atoms with Gasteiger partial charge in [-0.1, -0.05) is 6.92 Å². The number of nitrogens with two attached hydrogens (primary N) is 1. The van der Waals surface area contributed by atoms with Gasteiger partial charge in [0.05, 0.1) is 18.9 Å². The van der Waals surface area contributed by atoms with E-state index in [1.165, 1.54) is 0 Å². The second-order valence-electron chi connectivity index (χ2n) is 3.92. The maximum Gasteiger partial charge on any atom is 0.355 e. The molecule has 1 saturated heterocycles. The van der Waals surface area contributed by atoms with Crippen LogP contribution in [0.2, 0.25) is 0 Å². The number of nitrogen functional groups attached to an aromatic ring is 1. The van der Waals surface area contributed by atoms with Gasteiger partial charge in [0.15, 0.2) is 0 Å². The molecule has 0 radical (unpaired) electrons. The number of carbonyl (C=O) groups excluding carboxylic acids is 1. The zero-order valence-electron chi connectivity index (χ0n) is 9.31. The molecule has 1 fully saturated rings. The predicted molar refractivity (Wildman–Crippen MR) is 59.2 cm³/mol. The first-order valence-electron chi connectivity index (χ1n) is 5.45. The fourth-order valence-electron chi connectivity index (χ4n) is 1.62. The normalized spacial score (nSPS) is 15.8. The number of aromatic nitrogens is 1. The highest BCUT2D eigenvalue weighted by Gasteiger charge is 2.25. The van der Waals surface area contributed by atoms with Crippen LogP contribution in [0, 0.1) is 0 Å². The van der Waals surface area contributed by atoms with Crippen LogP contribution >= 0.6 is 0 Å². The molecule has 16 heavy (non-hydrogen) atoms. The summed E-state index contributed by atoms with van der Waals surface area (Å²) in [5.74, 6) is -0.321. The van der Waals surface area contributed by atoms with Crippen LogP contribution in [0.5, 0.6) is 0 Å². The first-order chi connectivity index (χ1) is 7.70. The van der Waals surface area contributed by atoms with Crippen molar-refractivity contribution in [3.63, 3.8) is 0 Å². The Labute approximate surface area is 94.1 Å². The van der Waals surface area contributed by atoms with Crippen molar-refractivity contribution < 1.29 is 14.3 Å². The van der Waals surface area contributed by atoms with Crippen LogP contribution in [0.25, 0.3) is 0 Å². The molecule has 0 bridgehead atoms. The highest BCUT2D eigenvalue weighted by molar-refractivity contribution is 5.89. The smallest absolute Gasteiger partial charge is 0.355 e. The van der Waals surface area contributed by atoms with E-state index in [9.17, 15) is 4.79 Å². The minimum atomic E-state index is -0.321. The average Bonchev–Trinajstić information content (AvgIpc) is 2.54. The van der Waals surface area contributed by atoms with E-state index < -0.39 is 0 Å². The molecule has 0 spiro atoms. The second-order valence-corrected chi connectivity index (χ2v) is 3.92. The molecule has 0 aromatic carbocycles. The molecule has 0 atom stereocenters. The molecule has 1 aliphatic rings. The molecular weight excluding hydrogens is 208 g/mol. The summed E-state index contributed by atoms with van der Waals surface area (Å²) in [6, 6.07) is 1.65. The molecule has 0 saturated carbocycles. The van der Waals surface area contributed by atoms with Crippen molar-refractivity contribution in [2.75, 3.05) is 18.9 Å². The number of hydrogen-bond acceptors (Lipinski definition) is 4. The SMILES string of the molecule is CCCn1cc(N)cc1C(=O)OC1COC1. The molecule has 2 heterocycles. The summed E-state index contributed by atoms with van der Waals surface area (Å²) in [5.41, 5.74) is 6.78. The number of carbonyl (C=O) groups is 1. The minimum Gasteiger partial charge on any atom is -0.453 e. The maximum atomic E-state index is 11.8. The molecule has 1 aliphatic heterocycles. The molecule has 5 heteroatoms. The van der Waals surface area contributed by atoms with E-state index in [1.54, 1.807) is 12.3 Å². The average molecular weight is 224 g/mol. The van der Waals surface area contributed by atoms with Crippen LogP contribution in [0.3, 0.4) is 0 Å². The third-order valence-corrected chi connectivity index (χ3v) is 2.47. The van der Waals surface area contributed by atoms with E-state index in [0.29, 0.717) is 24.6 Å². The van der Waals surface area contributed by atoms with Crippen LogP contribution in [0.1, 0.15) is 23.8 Å². The van der Waals surface area contributed by atoms with Crippen LogP contribution in [0.15, 0.2) is 12.3 Å². The third kappa shape index (κ3) is 2.19. The van der Waals surface area contributed by atoms with Crippen molar-refractivity contribution in [1.29, 1.82) is 0 Å². The number of anilines is 1. The quantitative estimate of drug-likeness (QED) is 0.776.